The highest BCUT2D eigenvalue weighted by Gasteiger charge is 2.20. The summed E-state index contributed by atoms with van der Waals surface area (Å²) < 4.78 is 11.2. The molecule has 3 heteroatoms. The van der Waals surface area contributed by atoms with Gasteiger partial charge in [0.15, 0.2) is 0 Å². The molecule has 1 atom stereocenters. The van der Waals surface area contributed by atoms with Gasteiger partial charge in [-0.05, 0) is 45.0 Å². The lowest BCUT2D eigenvalue weighted by Gasteiger charge is -2.05. The Morgan fingerprint density at radius 1 is 1.00 bits per heavy atom. The summed E-state index contributed by atoms with van der Waals surface area (Å²) in [5.41, 5.74) is 2.72. The number of rotatable bonds is 2. The number of fused-ring (bicyclic) bond motifs is 1. The van der Waals surface area contributed by atoms with Crippen molar-refractivity contribution >= 4 is 11.0 Å². The van der Waals surface area contributed by atoms with Crippen molar-refractivity contribution in [1.82, 2.24) is 0 Å². The minimum atomic E-state index is -0.787. The van der Waals surface area contributed by atoms with Crippen LogP contribution in [0.4, 0.5) is 0 Å². The van der Waals surface area contributed by atoms with Crippen molar-refractivity contribution < 1.29 is 13.9 Å². The van der Waals surface area contributed by atoms with E-state index in [1.807, 2.05) is 51.1 Å². The van der Waals surface area contributed by atoms with Crippen molar-refractivity contribution in [3.63, 3.8) is 0 Å². The molecule has 0 amide bonds. The minimum Gasteiger partial charge on any atom is -0.466 e. The standard InChI is InChI=1S/C16H16O3/c1-9-4-5-14-12(6-9)8-15(19-14)16(17)13-7-10(2)18-11(13)3/h4-8,16-17H,1-3H3. The summed E-state index contributed by atoms with van der Waals surface area (Å²) in [6.07, 6.45) is -0.787. The Morgan fingerprint density at radius 3 is 2.47 bits per heavy atom. The molecule has 0 spiro atoms. The summed E-state index contributed by atoms with van der Waals surface area (Å²) in [7, 11) is 0. The molecule has 0 aliphatic heterocycles. The van der Waals surface area contributed by atoms with Crippen molar-refractivity contribution in [2.75, 3.05) is 0 Å². The molecule has 0 saturated heterocycles. The summed E-state index contributed by atoms with van der Waals surface area (Å²) in [6.45, 7) is 5.75. The van der Waals surface area contributed by atoms with E-state index in [1.54, 1.807) is 0 Å². The molecule has 1 N–H and O–H groups in total. The average Bonchev–Trinajstić information content (AvgIpc) is 2.91. The molecule has 0 saturated carbocycles. The maximum absolute atomic E-state index is 10.4. The van der Waals surface area contributed by atoms with Gasteiger partial charge in [0, 0.05) is 10.9 Å². The van der Waals surface area contributed by atoms with Gasteiger partial charge in [0.1, 0.15) is 29.0 Å². The highest BCUT2D eigenvalue weighted by Crippen LogP contribution is 2.31. The van der Waals surface area contributed by atoms with Gasteiger partial charge in [-0.1, -0.05) is 11.6 Å². The lowest BCUT2D eigenvalue weighted by Crippen LogP contribution is -1.97. The monoisotopic (exact) mass is 256 g/mol. The third kappa shape index (κ3) is 2.06. The summed E-state index contributed by atoms with van der Waals surface area (Å²) in [6, 6.07) is 9.69. The second kappa shape index (κ2) is 4.28. The van der Waals surface area contributed by atoms with Gasteiger partial charge in [0.05, 0.1) is 0 Å². The van der Waals surface area contributed by atoms with E-state index in [4.69, 9.17) is 8.83 Å². The fourth-order valence-corrected chi connectivity index (χ4v) is 2.39. The molecule has 2 aromatic heterocycles. The molecule has 1 unspecified atom stereocenters. The van der Waals surface area contributed by atoms with Gasteiger partial charge in [0.2, 0.25) is 0 Å². The number of aliphatic hydroxyl groups excluding tert-OH is 1. The molecule has 3 nitrogen and oxygen atoms in total. The van der Waals surface area contributed by atoms with Crippen LogP contribution in [0.5, 0.6) is 0 Å². The predicted molar refractivity (Wildman–Crippen MR) is 73.2 cm³/mol. The molecule has 0 aliphatic rings. The van der Waals surface area contributed by atoms with E-state index in [0.717, 1.165) is 28.1 Å². The summed E-state index contributed by atoms with van der Waals surface area (Å²) in [4.78, 5) is 0. The van der Waals surface area contributed by atoms with E-state index in [-0.39, 0.29) is 0 Å². The lowest BCUT2D eigenvalue weighted by molar-refractivity contribution is 0.190. The van der Waals surface area contributed by atoms with Crippen LogP contribution in [-0.2, 0) is 0 Å². The van der Waals surface area contributed by atoms with Crippen LogP contribution in [0.2, 0.25) is 0 Å². The first kappa shape index (κ1) is 12.1. The van der Waals surface area contributed by atoms with Crippen LogP contribution < -0.4 is 0 Å². The maximum atomic E-state index is 10.4. The second-order valence-corrected chi connectivity index (χ2v) is 4.96. The zero-order chi connectivity index (χ0) is 13.6. The smallest absolute Gasteiger partial charge is 0.140 e. The van der Waals surface area contributed by atoms with Gasteiger partial charge < -0.3 is 13.9 Å². The Hall–Kier alpha value is -2.00. The van der Waals surface area contributed by atoms with Crippen LogP contribution in [0.3, 0.4) is 0 Å². The molecule has 98 valence electrons. The quantitative estimate of drug-likeness (QED) is 0.752. The molecule has 19 heavy (non-hydrogen) atoms. The number of hydrogen-bond donors (Lipinski definition) is 1. The Labute approximate surface area is 111 Å². The zero-order valence-corrected chi connectivity index (χ0v) is 11.2. The normalized spacial score (nSPS) is 13.1. The van der Waals surface area contributed by atoms with Gasteiger partial charge in [-0.2, -0.15) is 0 Å². The largest absolute Gasteiger partial charge is 0.466 e. The molecule has 3 rings (SSSR count). The topological polar surface area (TPSA) is 46.5 Å². The van der Waals surface area contributed by atoms with Crippen LogP contribution in [-0.4, -0.2) is 5.11 Å². The van der Waals surface area contributed by atoms with Crippen molar-refractivity contribution in [3.05, 3.63) is 58.7 Å². The second-order valence-electron chi connectivity index (χ2n) is 4.96. The number of aliphatic hydroxyl groups is 1. The molecule has 2 heterocycles. The van der Waals surface area contributed by atoms with E-state index < -0.39 is 6.10 Å². The fourth-order valence-electron chi connectivity index (χ4n) is 2.39. The molecule has 0 radical (unpaired) electrons. The summed E-state index contributed by atoms with van der Waals surface area (Å²) in [5.74, 6) is 2.06. The van der Waals surface area contributed by atoms with Gasteiger partial charge in [-0.25, -0.2) is 0 Å². The highest BCUT2D eigenvalue weighted by atomic mass is 16.4. The lowest BCUT2D eigenvalue weighted by atomic mass is 10.1. The molecular formula is C16H16O3. The first-order valence-corrected chi connectivity index (χ1v) is 6.29. The first-order valence-electron chi connectivity index (χ1n) is 6.29. The maximum Gasteiger partial charge on any atom is 0.140 e. The Bertz CT molecular complexity index is 734. The van der Waals surface area contributed by atoms with E-state index in [9.17, 15) is 5.11 Å². The van der Waals surface area contributed by atoms with Crippen molar-refractivity contribution in [3.8, 4) is 0 Å². The van der Waals surface area contributed by atoms with Crippen LogP contribution in [0.15, 0.2) is 39.2 Å². The van der Waals surface area contributed by atoms with Crippen molar-refractivity contribution in [2.24, 2.45) is 0 Å². The molecule has 1 aromatic carbocycles. The van der Waals surface area contributed by atoms with Crippen LogP contribution in [0.1, 0.15) is 34.5 Å². The van der Waals surface area contributed by atoms with E-state index in [2.05, 4.69) is 0 Å². The summed E-state index contributed by atoms with van der Waals surface area (Å²) in [5, 5.41) is 11.4. The van der Waals surface area contributed by atoms with Crippen LogP contribution in [0, 0.1) is 20.8 Å². The zero-order valence-electron chi connectivity index (χ0n) is 11.2. The van der Waals surface area contributed by atoms with Gasteiger partial charge in [-0.15, -0.1) is 0 Å². The Balaban J connectivity index is 2.06. The first-order chi connectivity index (χ1) is 9.04. The van der Waals surface area contributed by atoms with E-state index >= 15 is 0 Å². The average molecular weight is 256 g/mol. The van der Waals surface area contributed by atoms with Gasteiger partial charge in [0.25, 0.3) is 0 Å². The Kier molecular flexibility index (Phi) is 2.72. The molecule has 0 fully saturated rings. The number of furan rings is 2. The molecular weight excluding hydrogens is 240 g/mol. The third-order valence-corrected chi connectivity index (χ3v) is 3.33. The summed E-state index contributed by atoms with van der Waals surface area (Å²) >= 11 is 0. The SMILES string of the molecule is Cc1ccc2oc(C(O)c3cc(C)oc3C)cc2c1. The van der Waals surface area contributed by atoms with Gasteiger partial charge in [-0.3, -0.25) is 0 Å². The van der Waals surface area contributed by atoms with Crippen molar-refractivity contribution in [2.45, 2.75) is 26.9 Å². The van der Waals surface area contributed by atoms with Crippen LogP contribution >= 0.6 is 0 Å². The highest BCUT2D eigenvalue weighted by molar-refractivity contribution is 5.78. The fraction of sp³-hybridized carbons (Fsp3) is 0.250. The number of aryl methyl sites for hydroxylation is 3. The Morgan fingerprint density at radius 2 is 1.79 bits per heavy atom. The molecule has 0 aliphatic carbocycles. The minimum absolute atomic E-state index is 0.546. The van der Waals surface area contributed by atoms with E-state index in [0.29, 0.717) is 5.76 Å². The van der Waals surface area contributed by atoms with Crippen molar-refractivity contribution in [1.29, 1.82) is 0 Å². The number of benzene rings is 1. The molecule has 0 bridgehead atoms. The van der Waals surface area contributed by atoms with Crippen LogP contribution in [0.25, 0.3) is 11.0 Å². The van der Waals surface area contributed by atoms with Gasteiger partial charge >= 0.3 is 0 Å². The predicted octanol–water partition coefficient (Wildman–Crippen LogP) is 4.03. The number of hydrogen-bond acceptors (Lipinski definition) is 3. The molecule has 3 aromatic rings. The van der Waals surface area contributed by atoms with E-state index in [1.165, 1.54) is 5.56 Å². The third-order valence-electron chi connectivity index (χ3n) is 3.33.